The molecule has 0 N–H and O–H groups in total. The zero-order valence-corrected chi connectivity index (χ0v) is 54.8. The molecule has 0 aliphatic carbocycles. The van der Waals surface area contributed by atoms with E-state index >= 15 is 0 Å². The third-order valence-electron chi connectivity index (χ3n) is 18.8. The lowest BCUT2D eigenvalue weighted by Gasteiger charge is -2.21. The largest absolute Gasteiger partial charge is 0.422 e. The minimum Gasteiger partial charge on any atom is -0.422 e. The summed E-state index contributed by atoms with van der Waals surface area (Å²) < 4.78 is 23.9. The van der Waals surface area contributed by atoms with Gasteiger partial charge < -0.3 is 32.4 Å². The lowest BCUT2D eigenvalue weighted by atomic mass is 9.89. The van der Waals surface area contributed by atoms with Crippen LogP contribution in [0.3, 0.4) is 0 Å². The number of nitrogens with zero attached hydrogens (tertiary/aromatic N) is 3. The summed E-state index contributed by atoms with van der Waals surface area (Å²) in [7, 11) is 0. The maximum absolute atomic E-state index is 13.8. The number of hydrogen-bond acceptors (Lipinski definition) is 11. The lowest BCUT2D eigenvalue weighted by Crippen LogP contribution is -2.21. The van der Waals surface area contributed by atoms with E-state index < -0.39 is 22.5 Å². The fraction of sp³-hybridized carbons (Fsp3) is 0.153. The summed E-state index contributed by atoms with van der Waals surface area (Å²) in [6.45, 7) is 19.6. The van der Waals surface area contributed by atoms with E-state index in [1.54, 1.807) is 0 Å². The second kappa shape index (κ2) is 26.1. The summed E-state index contributed by atoms with van der Waals surface area (Å²) in [5.74, 6) is 0. The molecule has 11 nitrogen and oxygen atoms in total. The summed E-state index contributed by atoms with van der Waals surface area (Å²) >= 11 is 0. The van der Waals surface area contributed by atoms with Crippen LogP contribution in [-0.2, 0) is 0 Å². The van der Waals surface area contributed by atoms with Crippen LogP contribution in [0.2, 0.25) is 0 Å². The van der Waals surface area contributed by atoms with Crippen molar-refractivity contribution in [3.05, 3.63) is 278 Å². The maximum Gasteiger partial charge on any atom is 0.344 e. The summed E-state index contributed by atoms with van der Waals surface area (Å²) in [6.07, 6.45) is 0. The van der Waals surface area contributed by atoms with E-state index in [0.29, 0.717) is 44.6 Å². The van der Waals surface area contributed by atoms with Crippen molar-refractivity contribution in [2.45, 2.75) is 48.5 Å². The summed E-state index contributed by atoms with van der Waals surface area (Å²) in [4.78, 5) is 61.6. The molecule has 11 heteroatoms. The van der Waals surface area contributed by atoms with Crippen molar-refractivity contribution in [2.75, 3.05) is 54.0 Å². The van der Waals surface area contributed by atoms with Gasteiger partial charge in [0.15, 0.2) is 0 Å². The van der Waals surface area contributed by atoms with Gasteiger partial charge in [-0.15, -0.1) is 0 Å². The third-order valence-corrected chi connectivity index (χ3v) is 18.8. The van der Waals surface area contributed by atoms with Crippen LogP contribution in [0.4, 0.5) is 17.1 Å². The smallest absolute Gasteiger partial charge is 0.344 e. The van der Waals surface area contributed by atoms with Crippen LogP contribution in [0, 0.1) is 6.92 Å². The molecule has 0 fully saturated rings. The van der Waals surface area contributed by atoms with Crippen molar-refractivity contribution in [1.82, 2.24) is 0 Å². The fourth-order valence-corrected chi connectivity index (χ4v) is 13.3. The van der Waals surface area contributed by atoms with E-state index in [1.165, 1.54) is 0 Å². The highest BCUT2D eigenvalue weighted by molar-refractivity contribution is 5.91. The second-order valence-electron chi connectivity index (χ2n) is 24.4. The molecule has 0 aliphatic heterocycles. The molecule has 14 aromatic rings. The van der Waals surface area contributed by atoms with Gasteiger partial charge in [-0.2, -0.15) is 0 Å². The fourth-order valence-electron chi connectivity index (χ4n) is 13.3. The average molecular weight is 1260 g/mol. The molecule has 0 unspecified atom stereocenters. The molecule has 0 spiro atoms. The predicted molar refractivity (Wildman–Crippen MR) is 395 cm³/mol. The zero-order valence-electron chi connectivity index (χ0n) is 54.8. The monoisotopic (exact) mass is 1260 g/mol. The van der Waals surface area contributed by atoms with Crippen LogP contribution in [0.5, 0.6) is 0 Å². The van der Waals surface area contributed by atoms with E-state index in [4.69, 9.17) is 17.7 Å². The molecule has 96 heavy (non-hydrogen) atoms. The van der Waals surface area contributed by atoms with Crippen LogP contribution in [0.1, 0.15) is 47.1 Å². The molecule has 4 heterocycles. The molecule has 0 radical (unpaired) electrons. The van der Waals surface area contributed by atoms with Gasteiger partial charge in [0, 0.05) is 96.1 Å². The van der Waals surface area contributed by atoms with Crippen LogP contribution in [-0.4, -0.2) is 39.3 Å². The normalized spacial score (nSPS) is 11.5. The van der Waals surface area contributed by atoms with Gasteiger partial charge in [0.25, 0.3) is 0 Å². The summed E-state index contributed by atoms with van der Waals surface area (Å²) in [5.41, 5.74) is 18.6. The quantitative estimate of drug-likeness (QED) is 0.0761. The molecule has 0 amide bonds. The van der Waals surface area contributed by atoms with Crippen molar-refractivity contribution < 1.29 is 17.7 Å². The van der Waals surface area contributed by atoms with Crippen LogP contribution >= 0.6 is 0 Å². The Balaban J connectivity index is 0.885. The first kappa shape index (κ1) is 61.9. The van der Waals surface area contributed by atoms with E-state index in [9.17, 15) is 19.2 Å². The molecule has 474 valence electrons. The van der Waals surface area contributed by atoms with Gasteiger partial charge >= 0.3 is 22.5 Å². The molecule has 0 saturated heterocycles. The first-order valence-corrected chi connectivity index (χ1v) is 33.0. The van der Waals surface area contributed by atoms with Crippen LogP contribution < -0.4 is 37.2 Å². The number of anilines is 3. The Morgan fingerprint density at radius 1 is 0.229 bits per heavy atom. The van der Waals surface area contributed by atoms with Gasteiger partial charge in [0.1, 0.15) is 22.3 Å². The van der Waals surface area contributed by atoms with Gasteiger partial charge in [0.05, 0.1) is 22.3 Å². The van der Waals surface area contributed by atoms with Crippen LogP contribution in [0.25, 0.3) is 144 Å². The number of benzene rings is 10. The SMILES string of the molecule is CCN(CC)c1ccc2cc(-c3ccc(-c4cc(-c5ccc(-c6cc7ccc(C)cc7oc6=O)cc5)cc(-c5cc(-c6ccc(-c7cc8ccc(N(CC)CC)cc8oc7=O)cc6)cc(-c6ccc(-c7cc8ccc(N(CC)CC)cc8oc7=O)cc6)c5)c4)cc3)c(=O)oc2c1. The van der Waals surface area contributed by atoms with Gasteiger partial charge in [-0.05, 0) is 235 Å². The van der Waals surface area contributed by atoms with E-state index in [1.807, 2.05) is 183 Å². The first-order valence-electron chi connectivity index (χ1n) is 33.0. The minimum absolute atomic E-state index is 0.410. The van der Waals surface area contributed by atoms with Crippen molar-refractivity contribution in [2.24, 2.45) is 0 Å². The highest BCUT2D eigenvalue weighted by atomic mass is 16.4. The molecular formula is C85H71N3O8. The molecule has 4 aromatic heterocycles. The van der Waals surface area contributed by atoms with Gasteiger partial charge in [-0.3, -0.25) is 0 Å². The van der Waals surface area contributed by atoms with Gasteiger partial charge in [-0.25, -0.2) is 19.2 Å². The number of fused-ring (bicyclic) bond motifs is 4. The number of rotatable bonds is 18. The predicted octanol–water partition coefficient (Wildman–Crippen LogP) is 20.0. The molecule has 10 aromatic carbocycles. The third kappa shape index (κ3) is 12.1. The van der Waals surface area contributed by atoms with Crippen molar-refractivity contribution in [1.29, 1.82) is 0 Å². The number of hydrogen-bond donors (Lipinski definition) is 0. The van der Waals surface area contributed by atoms with E-state index in [0.717, 1.165) is 161 Å². The topological polar surface area (TPSA) is 131 Å². The Kier molecular flexibility index (Phi) is 16.8. The Labute approximate surface area is 556 Å². The van der Waals surface area contributed by atoms with Gasteiger partial charge in [-0.1, -0.05) is 109 Å². The molecule has 0 saturated carbocycles. The molecule has 14 rings (SSSR count). The Bertz CT molecular complexity index is 5370. The van der Waals surface area contributed by atoms with Crippen molar-refractivity contribution in [3.63, 3.8) is 0 Å². The highest BCUT2D eigenvalue weighted by Crippen LogP contribution is 2.40. The zero-order chi connectivity index (χ0) is 66.3. The van der Waals surface area contributed by atoms with Crippen molar-refractivity contribution in [3.8, 4) is 100 Å². The Morgan fingerprint density at radius 2 is 0.438 bits per heavy atom. The van der Waals surface area contributed by atoms with Gasteiger partial charge in [0.2, 0.25) is 0 Å². The van der Waals surface area contributed by atoms with E-state index in [2.05, 4.69) is 111 Å². The Hall–Kier alpha value is -11.6. The minimum atomic E-state index is -0.413. The lowest BCUT2D eigenvalue weighted by molar-refractivity contribution is 0.563. The summed E-state index contributed by atoms with van der Waals surface area (Å²) in [6, 6.07) is 76.7. The van der Waals surface area contributed by atoms with E-state index in [-0.39, 0.29) is 0 Å². The summed E-state index contributed by atoms with van der Waals surface area (Å²) in [5, 5.41) is 3.34. The molecule has 0 aliphatic rings. The standard InChI is InChI=1S/C85H71N3O8/c1-8-86(9-2)71-35-32-62-46-75(83(90)94-79(62)49-71)58-26-18-54(19-27-58)66-39-65(53-16-24-57(25-17-53)74-45-61-15-14-52(7)38-78(61)93-82(74)89)41-69(42-66)70-43-67(55-20-28-59(29-21-55)76-47-63-33-36-72(87(10-3)11-4)50-80(63)95-84(76)91)40-68(44-70)56-22-30-60(31-23-56)77-48-64-34-37-73(88(12-5)13-6)51-81(64)96-85(77)92/h14-51H,8-13H2,1-7H3. The molecular weight excluding hydrogens is 1190 g/mol. The number of aryl methyl sites for hydroxylation is 1. The average Bonchev–Trinajstić information content (AvgIpc) is 0.816. The first-order chi connectivity index (χ1) is 46.7. The maximum atomic E-state index is 13.8. The second-order valence-corrected chi connectivity index (χ2v) is 24.4. The van der Waals surface area contributed by atoms with Crippen molar-refractivity contribution >= 4 is 60.9 Å². The molecule has 0 atom stereocenters. The highest BCUT2D eigenvalue weighted by Gasteiger charge is 2.19. The molecule has 0 bridgehead atoms. The van der Waals surface area contributed by atoms with Crippen LogP contribution in [0.15, 0.2) is 267 Å². The Morgan fingerprint density at radius 3 is 0.677 bits per heavy atom.